The van der Waals surface area contributed by atoms with E-state index in [-0.39, 0.29) is 11.8 Å². The van der Waals surface area contributed by atoms with Crippen LogP contribution in [0.15, 0.2) is 0 Å². The maximum atomic E-state index is 12.3. The van der Waals surface area contributed by atoms with E-state index in [9.17, 15) is 18.0 Å². The zero-order valence-corrected chi connectivity index (χ0v) is 11.5. The molecule has 2 heterocycles. The number of carbonyl (C=O) groups excluding carboxylic acids is 1. The number of amides is 1. The van der Waals surface area contributed by atoms with E-state index in [0.717, 1.165) is 19.4 Å². The van der Waals surface area contributed by atoms with Gasteiger partial charge in [0, 0.05) is 45.8 Å². The molecule has 4 nitrogen and oxygen atoms in total. The Kier molecular flexibility index (Phi) is 5.26. The summed E-state index contributed by atoms with van der Waals surface area (Å²) in [5.41, 5.74) is 0. The molecule has 116 valence electrons. The summed E-state index contributed by atoms with van der Waals surface area (Å²) < 4.78 is 42.1. The van der Waals surface area contributed by atoms with E-state index in [1.807, 2.05) is 0 Å². The Morgan fingerprint density at radius 1 is 1.20 bits per heavy atom. The van der Waals surface area contributed by atoms with Crippen LogP contribution in [0.25, 0.3) is 0 Å². The van der Waals surface area contributed by atoms with Gasteiger partial charge in [-0.3, -0.25) is 9.69 Å². The van der Waals surface area contributed by atoms with Gasteiger partial charge in [-0.25, -0.2) is 0 Å². The van der Waals surface area contributed by atoms with E-state index in [0.29, 0.717) is 39.2 Å². The SMILES string of the molecule is O=C(C[C@H]1CCCOC1)N1CCN(CC(F)(F)F)CC1. The van der Waals surface area contributed by atoms with Crippen LogP contribution >= 0.6 is 0 Å². The van der Waals surface area contributed by atoms with E-state index in [4.69, 9.17) is 4.74 Å². The second kappa shape index (κ2) is 6.76. The van der Waals surface area contributed by atoms with Gasteiger partial charge in [0.05, 0.1) is 6.54 Å². The number of hydrogen-bond donors (Lipinski definition) is 0. The fourth-order valence-corrected chi connectivity index (χ4v) is 2.75. The number of halogens is 3. The molecule has 0 spiro atoms. The maximum Gasteiger partial charge on any atom is 0.401 e. The predicted octanol–water partition coefficient (Wildman–Crippen LogP) is 1.51. The van der Waals surface area contributed by atoms with Gasteiger partial charge in [-0.2, -0.15) is 13.2 Å². The van der Waals surface area contributed by atoms with Gasteiger partial charge in [-0.05, 0) is 18.8 Å². The van der Waals surface area contributed by atoms with Crippen LogP contribution in [0.1, 0.15) is 19.3 Å². The van der Waals surface area contributed by atoms with Crippen molar-refractivity contribution in [2.75, 3.05) is 45.9 Å². The average Bonchev–Trinajstić information content (AvgIpc) is 2.39. The third kappa shape index (κ3) is 4.94. The largest absolute Gasteiger partial charge is 0.401 e. The Morgan fingerprint density at radius 3 is 2.45 bits per heavy atom. The van der Waals surface area contributed by atoms with Crippen LogP contribution in [-0.4, -0.2) is 67.8 Å². The van der Waals surface area contributed by atoms with Gasteiger partial charge < -0.3 is 9.64 Å². The van der Waals surface area contributed by atoms with Gasteiger partial charge in [0.1, 0.15) is 0 Å². The summed E-state index contributed by atoms with van der Waals surface area (Å²) in [5.74, 6) is 0.316. The Morgan fingerprint density at radius 2 is 1.90 bits per heavy atom. The summed E-state index contributed by atoms with van der Waals surface area (Å²) in [6.45, 7) is 1.88. The van der Waals surface area contributed by atoms with Crippen LogP contribution in [0.2, 0.25) is 0 Å². The van der Waals surface area contributed by atoms with Crippen LogP contribution in [0.4, 0.5) is 13.2 Å². The summed E-state index contributed by atoms with van der Waals surface area (Å²) in [5, 5.41) is 0. The molecule has 0 saturated carbocycles. The van der Waals surface area contributed by atoms with Crippen molar-refractivity contribution in [2.45, 2.75) is 25.4 Å². The summed E-state index contributed by atoms with van der Waals surface area (Å²) in [6.07, 6.45) is -1.72. The lowest BCUT2D eigenvalue weighted by Crippen LogP contribution is -2.51. The minimum absolute atomic E-state index is 0.0483. The number of alkyl halides is 3. The van der Waals surface area contributed by atoms with Crippen LogP contribution in [-0.2, 0) is 9.53 Å². The molecule has 0 bridgehead atoms. The van der Waals surface area contributed by atoms with E-state index < -0.39 is 12.7 Å². The molecule has 2 saturated heterocycles. The second-order valence-electron chi connectivity index (χ2n) is 5.56. The number of carbonyl (C=O) groups is 1. The van der Waals surface area contributed by atoms with Crippen molar-refractivity contribution in [2.24, 2.45) is 5.92 Å². The molecule has 2 rings (SSSR count). The van der Waals surface area contributed by atoms with Gasteiger partial charge in [-0.15, -0.1) is 0 Å². The van der Waals surface area contributed by atoms with Gasteiger partial charge in [0.25, 0.3) is 0 Å². The average molecular weight is 294 g/mol. The minimum atomic E-state index is -4.16. The zero-order valence-electron chi connectivity index (χ0n) is 11.5. The molecule has 0 aromatic rings. The molecule has 2 aliphatic rings. The van der Waals surface area contributed by atoms with Gasteiger partial charge in [-0.1, -0.05) is 0 Å². The van der Waals surface area contributed by atoms with Crippen LogP contribution < -0.4 is 0 Å². The first-order valence-corrected chi connectivity index (χ1v) is 7.09. The summed E-state index contributed by atoms with van der Waals surface area (Å²) >= 11 is 0. The van der Waals surface area contributed by atoms with Crippen LogP contribution in [0.5, 0.6) is 0 Å². The van der Waals surface area contributed by atoms with Crippen molar-refractivity contribution < 1.29 is 22.7 Å². The topological polar surface area (TPSA) is 32.8 Å². The number of ether oxygens (including phenoxy) is 1. The lowest BCUT2D eigenvalue weighted by molar-refractivity contribution is -0.152. The van der Waals surface area contributed by atoms with Crippen molar-refractivity contribution in [3.63, 3.8) is 0 Å². The standard InChI is InChI=1S/C13H21F3N2O2/c14-13(15,16)10-17-3-5-18(6-4-17)12(19)8-11-2-1-7-20-9-11/h11H,1-10H2/t11-/m1/s1. The summed E-state index contributed by atoms with van der Waals surface area (Å²) in [4.78, 5) is 15.1. The van der Waals surface area contributed by atoms with Gasteiger partial charge in [0.2, 0.25) is 5.91 Å². The number of piperazine rings is 1. The molecule has 2 fully saturated rings. The van der Waals surface area contributed by atoms with Crippen molar-refractivity contribution in [3.8, 4) is 0 Å². The predicted molar refractivity (Wildman–Crippen MR) is 67.2 cm³/mol. The molecule has 0 aromatic carbocycles. The fourth-order valence-electron chi connectivity index (χ4n) is 2.75. The second-order valence-corrected chi connectivity index (χ2v) is 5.56. The summed E-state index contributed by atoms with van der Waals surface area (Å²) in [7, 11) is 0. The van der Waals surface area contributed by atoms with E-state index >= 15 is 0 Å². The molecule has 20 heavy (non-hydrogen) atoms. The van der Waals surface area contributed by atoms with E-state index in [2.05, 4.69) is 0 Å². The lowest BCUT2D eigenvalue weighted by atomic mass is 9.98. The Hall–Kier alpha value is -0.820. The number of rotatable bonds is 3. The highest BCUT2D eigenvalue weighted by atomic mass is 19.4. The summed E-state index contributed by atoms with van der Waals surface area (Å²) in [6, 6.07) is 0. The van der Waals surface area contributed by atoms with Crippen molar-refractivity contribution in [3.05, 3.63) is 0 Å². The first-order valence-electron chi connectivity index (χ1n) is 7.09. The van der Waals surface area contributed by atoms with E-state index in [1.54, 1.807) is 4.90 Å². The minimum Gasteiger partial charge on any atom is -0.381 e. The molecule has 0 unspecified atom stereocenters. The lowest BCUT2D eigenvalue weighted by Gasteiger charge is -2.35. The quantitative estimate of drug-likeness (QED) is 0.791. The van der Waals surface area contributed by atoms with Gasteiger partial charge >= 0.3 is 6.18 Å². The molecule has 0 aliphatic carbocycles. The molecular weight excluding hydrogens is 273 g/mol. The fraction of sp³-hybridized carbons (Fsp3) is 0.923. The Labute approximate surface area is 116 Å². The van der Waals surface area contributed by atoms with Crippen molar-refractivity contribution in [1.29, 1.82) is 0 Å². The van der Waals surface area contributed by atoms with Crippen LogP contribution in [0.3, 0.4) is 0 Å². The maximum absolute atomic E-state index is 12.3. The smallest absolute Gasteiger partial charge is 0.381 e. The Bertz CT molecular complexity index is 322. The number of nitrogens with zero attached hydrogens (tertiary/aromatic N) is 2. The first kappa shape index (κ1) is 15.6. The first-order chi connectivity index (χ1) is 9.44. The highest BCUT2D eigenvalue weighted by Gasteiger charge is 2.33. The molecule has 2 aliphatic heterocycles. The molecule has 1 amide bonds. The van der Waals surface area contributed by atoms with Gasteiger partial charge in [0.15, 0.2) is 0 Å². The van der Waals surface area contributed by atoms with Crippen LogP contribution in [0, 0.1) is 5.92 Å². The highest BCUT2D eigenvalue weighted by Crippen LogP contribution is 2.20. The monoisotopic (exact) mass is 294 g/mol. The molecular formula is C13H21F3N2O2. The normalized spacial score (nSPS) is 25.8. The molecule has 0 aromatic heterocycles. The molecule has 0 N–H and O–H groups in total. The Balaban J connectivity index is 1.71. The van der Waals surface area contributed by atoms with Crippen molar-refractivity contribution >= 4 is 5.91 Å². The highest BCUT2D eigenvalue weighted by molar-refractivity contribution is 5.76. The molecule has 7 heteroatoms. The zero-order chi connectivity index (χ0) is 14.6. The van der Waals surface area contributed by atoms with E-state index in [1.165, 1.54) is 4.90 Å². The van der Waals surface area contributed by atoms with Crippen molar-refractivity contribution in [1.82, 2.24) is 9.80 Å². The molecule has 1 atom stereocenters. The number of hydrogen-bond acceptors (Lipinski definition) is 3. The third-order valence-corrected chi connectivity index (χ3v) is 3.85. The third-order valence-electron chi connectivity index (χ3n) is 3.85. The molecule has 0 radical (unpaired) electrons.